The molecule has 0 N–H and O–H groups in total. The fourth-order valence-corrected chi connectivity index (χ4v) is 8.45. The Bertz CT molecular complexity index is 991. The van der Waals surface area contributed by atoms with Gasteiger partial charge in [0, 0.05) is 57.7 Å². The molecule has 0 saturated carbocycles. The summed E-state index contributed by atoms with van der Waals surface area (Å²) >= 11 is 0. The smallest absolute Gasteiger partial charge is 0.225 e. The minimum absolute atomic E-state index is 0.640. The quantitative estimate of drug-likeness (QED) is 0.281. The molecule has 4 aliphatic rings. The largest absolute Gasteiger partial charge is 0.369 e. The Kier molecular flexibility index (Phi) is 13.4. The van der Waals surface area contributed by atoms with Crippen molar-refractivity contribution in [2.45, 2.75) is 119 Å². The van der Waals surface area contributed by atoms with E-state index >= 15 is 0 Å². The van der Waals surface area contributed by atoms with Gasteiger partial charge >= 0.3 is 0 Å². The molecule has 6 heterocycles. The van der Waals surface area contributed by atoms with E-state index in [0.29, 0.717) is 12.0 Å². The number of hydrogen-bond donors (Lipinski definition) is 0. The third kappa shape index (κ3) is 9.82. The van der Waals surface area contributed by atoms with Crippen molar-refractivity contribution in [2.24, 2.45) is 35.5 Å². The normalized spacial score (nSPS) is 21.5. The van der Waals surface area contributed by atoms with E-state index in [2.05, 4.69) is 97.4 Å². The lowest BCUT2D eigenvalue weighted by atomic mass is 9.86. The van der Waals surface area contributed by atoms with Crippen molar-refractivity contribution < 1.29 is 0 Å². The van der Waals surface area contributed by atoms with Gasteiger partial charge in [0.1, 0.15) is 0 Å². The van der Waals surface area contributed by atoms with Crippen molar-refractivity contribution in [3.8, 4) is 0 Å². The summed E-state index contributed by atoms with van der Waals surface area (Å²) in [5.41, 5.74) is 2.53. The van der Waals surface area contributed by atoms with Crippen molar-refractivity contribution in [3.63, 3.8) is 0 Å². The zero-order valence-electron chi connectivity index (χ0n) is 31.8. The molecular weight excluding hydrogens is 592 g/mol. The molecule has 4 aliphatic heterocycles. The third-order valence-electron chi connectivity index (χ3n) is 12.4. The van der Waals surface area contributed by atoms with Crippen LogP contribution in [0.25, 0.3) is 0 Å². The second-order valence-electron chi connectivity index (χ2n) is 16.7. The van der Waals surface area contributed by atoms with E-state index in [1.54, 1.807) is 0 Å². The van der Waals surface area contributed by atoms with Crippen molar-refractivity contribution in [1.82, 2.24) is 24.8 Å². The molecule has 268 valence electrons. The molecule has 8 nitrogen and oxygen atoms in total. The van der Waals surface area contributed by atoms with Crippen molar-refractivity contribution in [1.29, 1.82) is 0 Å². The first-order valence-corrected chi connectivity index (χ1v) is 19.7. The number of hydrogen-bond acceptors (Lipinski definition) is 8. The van der Waals surface area contributed by atoms with Gasteiger partial charge in [0.15, 0.2) is 0 Å². The first-order valence-electron chi connectivity index (χ1n) is 19.7. The number of anilines is 3. The maximum atomic E-state index is 4.70. The van der Waals surface area contributed by atoms with Crippen molar-refractivity contribution in [2.75, 3.05) is 67.1 Å². The van der Waals surface area contributed by atoms with Gasteiger partial charge in [0.05, 0.1) is 18.1 Å². The van der Waals surface area contributed by atoms with E-state index in [4.69, 9.17) is 9.97 Å². The SMILES string of the molecule is CC(C)C1CCN(c2cnc(N3CCC(C(C)C)CC3)nc2)CC1.CC(C)C1CCN(c2ncc(C3CCN(C(C)C)CC3)cn2)CC1. The van der Waals surface area contributed by atoms with Crippen molar-refractivity contribution in [3.05, 3.63) is 30.4 Å². The Labute approximate surface area is 293 Å². The second-order valence-corrected chi connectivity index (χ2v) is 16.7. The highest BCUT2D eigenvalue weighted by atomic mass is 15.3. The summed E-state index contributed by atoms with van der Waals surface area (Å²) in [6, 6.07) is 0.665. The van der Waals surface area contributed by atoms with Gasteiger partial charge in [-0.05, 0) is 125 Å². The Hall–Kier alpha value is -2.48. The Morgan fingerprint density at radius 3 is 1.17 bits per heavy atom. The van der Waals surface area contributed by atoms with Crippen LogP contribution in [0.5, 0.6) is 0 Å². The van der Waals surface area contributed by atoms with Gasteiger partial charge in [-0.25, -0.2) is 19.9 Å². The fourth-order valence-electron chi connectivity index (χ4n) is 8.45. The van der Waals surface area contributed by atoms with Crippen LogP contribution < -0.4 is 14.7 Å². The molecule has 0 amide bonds. The molecule has 0 unspecified atom stereocenters. The van der Waals surface area contributed by atoms with E-state index in [1.165, 1.54) is 75.7 Å². The molecule has 48 heavy (non-hydrogen) atoms. The van der Waals surface area contributed by atoms with Gasteiger partial charge in [0.25, 0.3) is 0 Å². The molecule has 0 aliphatic carbocycles. The number of rotatable bonds is 8. The molecule has 4 fully saturated rings. The van der Waals surface area contributed by atoms with Crippen LogP contribution in [-0.4, -0.2) is 83.2 Å². The lowest BCUT2D eigenvalue weighted by Gasteiger charge is -2.36. The molecule has 2 aromatic rings. The monoisotopic (exact) mass is 661 g/mol. The lowest BCUT2D eigenvalue weighted by Crippen LogP contribution is -2.38. The summed E-state index contributed by atoms with van der Waals surface area (Å²) in [7, 11) is 0. The molecule has 8 heteroatoms. The van der Waals surface area contributed by atoms with Crippen molar-refractivity contribution >= 4 is 17.6 Å². The van der Waals surface area contributed by atoms with Gasteiger partial charge in [-0.3, -0.25) is 0 Å². The van der Waals surface area contributed by atoms with Gasteiger partial charge in [-0.2, -0.15) is 0 Å². The minimum Gasteiger partial charge on any atom is -0.369 e. The molecule has 0 spiro atoms. The van der Waals surface area contributed by atoms with Gasteiger partial charge in [-0.15, -0.1) is 0 Å². The molecule has 2 aromatic heterocycles. The van der Waals surface area contributed by atoms with Crippen LogP contribution in [-0.2, 0) is 0 Å². The van der Waals surface area contributed by atoms with E-state index in [9.17, 15) is 0 Å². The summed E-state index contributed by atoms with van der Waals surface area (Å²) in [4.78, 5) is 28.5. The van der Waals surface area contributed by atoms with Gasteiger partial charge in [0.2, 0.25) is 11.9 Å². The summed E-state index contributed by atoms with van der Waals surface area (Å²) in [6.07, 6.45) is 18.4. The highest BCUT2D eigenvalue weighted by Crippen LogP contribution is 2.31. The van der Waals surface area contributed by atoms with Crippen LogP contribution >= 0.6 is 0 Å². The molecule has 0 aromatic carbocycles. The highest BCUT2D eigenvalue weighted by Gasteiger charge is 2.27. The van der Waals surface area contributed by atoms with Gasteiger partial charge in [-0.1, -0.05) is 41.5 Å². The standard InChI is InChI=1S/2C20H34N4/c1-15(2)17-5-11-24(12-6-17)20-21-13-19(14-22-20)18-7-9-23(10-8-18)16(3)4;1-15(2)17-5-9-23(10-6-17)19-13-21-20(22-14-19)24-11-7-18(8-12-24)16(3)4/h2*13-18H,5-12H2,1-4H3. The number of nitrogens with zero attached hydrogens (tertiary/aromatic N) is 8. The van der Waals surface area contributed by atoms with Crippen LogP contribution in [0.15, 0.2) is 24.8 Å². The fraction of sp³-hybridized carbons (Fsp3) is 0.800. The molecule has 0 bridgehead atoms. The Morgan fingerprint density at radius 2 is 0.812 bits per heavy atom. The topological polar surface area (TPSA) is 64.5 Å². The average Bonchev–Trinajstić information content (AvgIpc) is 3.12. The van der Waals surface area contributed by atoms with E-state index in [0.717, 1.165) is 86.7 Å². The summed E-state index contributed by atoms with van der Waals surface area (Å²) in [5, 5.41) is 0. The Balaban J connectivity index is 0.000000188. The predicted molar refractivity (Wildman–Crippen MR) is 202 cm³/mol. The van der Waals surface area contributed by atoms with Crippen LogP contribution in [0, 0.1) is 35.5 Å². The first-order chi connectivity index (χ1) is 23.1. The zero-order chi connectivity index (χ0) is 34.2. The highest BCUT2D eigenvalue weighted by molar-refractivity contribution is 5.45. The molecule has 4 saturated heterocycles. The first kappa shape index (κ1) is 36.8. The number of aromatic nitrogens is 4. The van der Waals surface area contributed by atoms with Crippen LogP contribution in [0.4, 0.5) is 17.6 Å². The Morgan fingerprint density at radius 1 is 0.458 bits per heavy atom. The molecule has 0 radical (unpaired) electrons. The maximum absolute atomic E-state index is 4.70. The second kappa shape index (κ2) is 17.4. The lowest BCUT2D eigenvalue weighted by molar-refractivity contribution is 0.171. The summed E-state index contributed by atoms with van der Waals surface area (Å²) < 4.78 is 0. The van der Waals surface area contributed by atoms with E-state index in [1.807, 2.05) is 12.4 Å². The summed E-state index contributed by atoms with van der Waals surface area (Å²) in [6.45, 7) is 27.8. The van der Waals surface area contributed by atoms with Crippen LogP contribution in [0.1, 0.15) is 118 Å². The van der Waals surface area contributed by atoms with Crippen LogP contribution in [0.3, 0.4) is 0 Å². The summed E-state index contributed by atoms with van der Waals surface area (Å²) in [5.74, 6) is 7.49. The van der Waals surface area contributed by atoms with Gasteiger partial charge < -0.3 is 19.6 Å². The third-order valence-corrected chi connectivity index (χ3v) is 12.4. The van der Waals surface area contributed by atoms with E-state index in [-0.39, 0.29) is 0 Å². The zero-order valence-corrected chi connectivity index (χ0v) is 31.8. The maximum Gasteiger partial charge on any atom is 0.225 e. The molecule has 0 atom stereocenters. The van der Waals surface area contributed by atoms with E-state index < -0.39 is 0 Å². The molecule has 6 rings (SSSR count). The average molecular weight is 661 g/mol. The van der Waals surface area contributed by atoms with Crippen LogP contribution in [0.2, 0.25) is 0 Å². The number of piperidine rings is 4. The minimum atomic E-state index is 0.640. The molecular formula is C40H68N8. The predicted octanol–water partition coefficient (Wildman–Crippen LogP) is 8.16. The number of likely N-dealkylation sites (tertiary alicyclic amines) is 1.